The van der Waals surface area contributed by atoms with Gasteiger partial charge in [-0.3, -0.25) is 38.3 Å². The topological polar surface area (TPSA) is 221 Å². The zero-order valence-electron chi connectivity index (χ0n) is 21.2. The van der Waals surface area contributed by atoms with Crippen molar-refractivity contribution in [3.63, 3.8) is 0 Å². The van der Waals surface area contributed by atoms with Crippen molar-refractivity contribution < 1.29 is 43.1 Å². The molecule has 41 heavy (non-hydrogen) atoms. The van der Waals surface area contributed by atoms with Gasteiger partial charge in [0.1, 0.15) is 42.4 Å². The molecule has 2 fully saturated rings. The lowest BCUT2D eigenvalue weighted by atomic mass is 10.1. The van der Waals surface area contributed by atoms with Crippen LogP contribution in [0.1, 0.15) is 43.7 Å². The summed E-state index contributed by atoms with van der Waals surface area (Å²) >= 11 is 0. The number of hydrogen-bond donors (Lipinski definition) is 4. The van der Waals surface area contributed by atoms with Crippen LogP contribution in [0.2, 0.25) is 0 Å². The van der Waals surface area contributed by atoms with Crippen LogP contribution in [0.3, 0.4) is 0 Å². The average Bonchev–Trinajstić information content (AvgIpc) is 3.53. The van der Waals surface area contributed by atoms with Gasteiger partial charge >= 0.3 is 23.3 Å². The predicted octanol–water partition coefficient (Wildman–Crippen LogP) is -2.63. The zero-order chi connectivity index (χ0) is 29.8. The number of hydrogen-bond acceptors (Lipinski definition) is 12. The molecular formula is C24H25FN4O12. The number of aliphatic hydroxyl groups is 2. The van der Waals surface area contributed by atoms with Crippen molar-refractivity contribution >= 4 is 11.9 Å². The first-order valence-corrected chi connectivity index (χ1v) is 12.3. The second kappa shape index (κ2) is 12.4. The molecule has 2 aliphatic heterocycles. The molecule has 16 nitrogen and oxygen atoms in total. The number of aromatic nitrogens is 4. The van der Waals surface area contributed by atoms with Crippen LogP contribution in [0, 0.1) is 18.2 Å². The number of carbonyl (C=O) groups excluding carboxylic acids is 2. The molecule has 0 spiro atoms. The van der Waals surface area contributed by atoms with Crippen LogP contribution in [-0.4, -0.2) is 78.9 Å². The Hall–Kier alpha value is -4.37. The summed E-state index contributed by atoms with van der Waals surface area (Å²) in [5, 5.41) is 19.2. The van der Waals surface area contributed by atoms with Crippen LogP contribution in [-0.2, 0) is 28.5 Å². The highest BCUT2D eigenvalue weighted by molar-refractivity contribution is 5.77. The van der Waals surface area contributed by atoms with Gasteiger partial charge in [0.2, 0.25) is 5.82 Å². The Morgan fingerprint density at radius 3 is 1.83 bits per heavy atom. The molecule has 2 saturated heterocycles. The molecular weight excluding hydrogens is 555 g/mol. The molecule has 220 valence electrons. The zero-order valence-corrected chi connectivity index (χ0v) is 21.2. The van der Waals surface area contributed by atoms with Gasteiger partial charge in [-0.2, -0.15) is 4.39 Å². The maximum Gasteiger partial charge on any atom is 0.330 e. The van der Waals surface area contributed by atoms with Gasteiger partial charge in [-0.1, -0.05) is 5.92 Å². The monoisotopic (exact) mass is 580 g/mol. The summed E-state index contributed by atoms with van der Waals surface area (Å²) in [6, 6.07) is 0. The van der Waals surface area contributed by atoms with Crippen molar-refractivity contribution in [1.82, 2.24) is 19.1 Å². The van der Waals surface area contributed by atoms with Crippen LogP contribution < -0.4 is 22.5 Å². The minimum Gasteiger partial charge on any atom is -0.459 e. The van der Waals surface area contributed by atoms with E-state index < -0.39 is 103 Å². The number of aliphatic hydroxyl groups excluding tert-OH is 2. The Labute approximate surface area is 228 Å². The van der Waals surface area contributed by atoms with Gasteiger partial charge in [0.05, 0.1) is 32.3 Å². The number of aromatic amines is 2. The standard InChI is InChI=1S/C24H25FN4O12/c1-2-11-7-28(23(36)26-21(11)34)17-5-13(15(9-30)38-17)40-19(32)3-4-20(33)41-14-6-18(39-16(14)10-31)29-8-12(25)22(35)27-24(29)37/h1,7-8,13-18,30-31H,3-6,9-10H2,(H,26,34,36)(H,27,35,37)/t13-,14-,15+,16+,17+,18+/m0/s1. The second-order valence-electron chi connectivity index (χ2n) is 9.15. The number of H-pyrrole nitrogens is 2. The highest BCUT2D eigenvalue weighted by atomic mass is 19.1. The maximum atomic E-state index is 13.6. The number of terminal acetylenes is 1. The number of esters is 2. The highest BCUT2D eigenvalue weighted by Crippen LogP contribution is 2.31. The van der Waals surface area contributed by atoms with E-state index >= 15 is 0 Å². The van der Waals surface area contributed by atoms with Crippen molar-refractivity contribution in [2.24, 2.45) is 0 Å². The Bertz CT molecular complexity index is 1590. The summed E-state index contributed by atoms with van der Waals surface area (Å²) in [6.07, 6.45) is -0.397. The Morgan fingerprint density at radius 1 is 0.902 bits per heavy atom. The molecule has 2 aromatic heterocycles. The first-order chi connectivity index (χ1) is 19.5. The summed E-state index contributed by atoms with van der Waals surface area (Å²) in [4.78, 5) is 75.8. The van der Waals surface area contributed by atoms with E-state index in [1.54, 1.807) is 4.98 Å². The van der Waals surface area contributed by atoms with Crippen LogP contribution in [0.4, 0.5) is 4.39 Å². The molecule has 4 heterocycles. The molecule has 6 atom stereocenters. The second-order valence-corrected chi connectivity index (χ2v) is 9.15. The van der Waals surface area contributed by atoms with Gasteiger partial charge in [-0.25, -0.2) is 9.59 Å². The fraction of sp³-hybridized carbons (Fsp3) is 0.500. The first-order valence-electron chi connectivity index (χ1n) is 12.3. The Kier molecular flexibility index (Phi) is 8.98. The van der Waals surface area contributed by atoms with Gasteiger partial charge in [0.15, 0.2) is 0 Å². The molecule has 0 aliphatic carbocycles. The van der Waals surface area contributed by atoms with Gasteiger partial charge in [-0.15, -0.1) is 6.42 Å². The Morgan fingerprint density at radius 2 is 1.37 bits per heavy atom. The lowest BCUT2D eigenvalue weighted by Crippen LogP contribution is -2.34. The number of nitrogens with zero attached hydrogens (tertiary/aromatic N) is 2. The van der Waals surface area contributed by atoms with E-state index in [4.69, 9.17) is 25.4 Å². The van der Waals surface area contributed by atoms with E-state index in [-0.39, 0.29) is 18.4 Å². The predicted molar refractivity (Wildman–Crippen MR) is 131 cm³/mol. The van der Waals surface area contributed by atoms with Gasteiger partial charge in [-0.05, 0) is 0 Å². The van der Waals surface area contributed by atoms with Gasteiger partial charge < -0.3 is 29.2 Å². The molecule has 2 aliphatic rings. The number of ether oxygens (including phenoxy) is 4. The molecule has 0 amide bonds. The van der Waals surface area contributed by atoms with Crippen LogP contribution >= 0.6 is 0 Å². The minimum atomic E-state index is -1.24. The average molecular weight is 580 g/mol. The molecule has 17 heteroatoms. The number of carbonyl (C=O) groups is 2. The largest absolute Gasteiger partial charge is 0.459 e. The SMILES string of the molecule is C#Cc1cn([C@H]2C[C@H](OC(=O)CCC(=O)O[C@H]3C[C@H](n4cc(F)c(=O)[nH]c4=O)O[C@@H]3CO)[C@@H](CO)O2)c(=O)[nH]c1=O. The van der Waals surface area contributed by atoms with Crippen molar-refractivity contribution in [1.29, 1.82) is 0 Å². The van der Waals surface area contributed by atoms with E-state index in [0.29, 0.717) is 6.20 Å². The molecule has 0 unspecified atom stereocenters. The van der Waals surface area contributed by atoms with Gasteiger partial charge in [0.25, 0.3) is 11.1 Å². The van der Waals surface area contributed by atoms with Crippen LogP contribution in [0.15, 0.2) is 31.6 Å². The van der Waals surface area contributed by atoms with Crippen LogP contribution in [0.25, 0.3) is 0 Å². The van der Waals surface area contributed by atoms with Crippen LogP contribution in [0.5, 0.6) is 0 Å². The summed E-state index contributed by atoms with van der Waals surface area (Å²) in [7, 11) is 0. The van der Waals surface area contributed by atoms with Crippen molar-refractivity contribution in [2.75, 3.05) is 13.2 Å². The molecule has 4 N–H and O–H groups in total. The third-order valence-electron chi connectivity index (χ3n) is 6.49. The fourth-order valence-corrected chi connectivity index (χ4v) is 4.45. The third kappa shape index (κ3) is 6.52. The fourth-order valence-electron chi connectivity index (χ4n) is 4.45. The molecule has 0 saturated carbocycles. The molecule has 2 aromatic rings. The van der Waals surface area contributed by atoms with E-state index in [2.05, 4.69) is 5.92 Å². The highest BCUT2D eigenvalue weighted by Gasteiger charge is 2.40. The maximum absolute atomic E-state index is 13.6. The van der Waals surface area contributed by atoms with Crippen molar-refractivity contribution in [2.45, 2.75) is 62.6 Å². The number of rotatable bonds is 9. The third-order valence-corrected chi connectivity index (χ3v) is 6.49. The quantitative estimate of drug-likeness (QED) is 0.177. The van der Waals surface area contributed by atoms with E-state index in [9.17, 15) is 43.4 Å². The van der Waals surface area contributed by atoms with E-state index in [1.807, 2.05) is 4.98 Å². The minimum absolute atomic E-state index is 0.0684. The molecule has 0 radical (unpaired) electrons. The summed E-state index contributed by atoms with van der Waals surface area (Å²) < 4.78 is 37.1. The molecule has 0 bridgehead atoms. The first kappa shape index (κ1) is 29.6. The molecule has 0 aromatic carbocycles. The van der Waals surface area contributed by atoms with Gasteiger partial charge in [0, 0.05) is 19.0 Å². The summed E-state index contributed by atoms with van der Waals surface area (Å²) in [5.41, 5.74) is -3.89. The molecule has 4 rings (SSSR count). The Balaban J connectivity index is 1.32. The normalized spacial score (nSPS) is 25.5. The number of halogens is 1. The van der Waals surface area contributed by atoms with E-state index in [0.717, 1.165) is 15.3 Å². The summed E-state index contributed by atoms with van der Waals surface area (Å²) in [5.74, 6) is -0.819. The lowest BCUT2D eigenvalue weighted by Gasteiger charge is -2.18. The lowest BCUT2D eigenvalue weighted by molar-refractivity contribution is -0.160. The summed E-state index contributed by atoms with van der Waals surface area (Å²) in [6.45, 7) is -1.17. The van der Waals surface area contributed by atoms with E-state index in [1.165, 1.54) is 0 Å². The smallest absolute Gasteiger partial charge is 0.330 e. The van der Waals surface area contributed by atoms with Crippen molar-refractivity contribution in [3.05, 3.63) is 65.5 Å². The van der Waals surface area contributed by atoms with Crippen molar-refractivity contribution in [3.8, 4) is 12.3 Å². The number of nitrogens with one attached hydrogen (secondary N) is 2.